The normalized spacial score (nSPS) is 26.4. The van der Waals surface area contributed by atoms with E-state index in [2.05, 4.69) is 14.0 Å². The van der Waals surface area contributed by atoms with Crippen LogP contribution in [0.2, 0.25) is 0 Å². The van der Waals surface area contributed by atoms with Crippen LogP contribution in [-0.2, 0) is 0 Å². The molecule has 0 aliphatic carbocycles. The highest BCUT2D eigenvalue weighted by atomic mass is 19.1. The van der Waals surface area contributed by atoms with Crippen LogP contribution in [0.5, 0.6) is 5.75 Å². The number of hydrogen-bond acceptors (Lipinski definition) is 1. The summed E-state index contributed by atoms with van der Waals surface area (Å²) in [5, 5.41) is 0. The number of quaternary nitrogens is 1. The summed E-state index contributed by atoms with van der Waals surface area (Å²) in [5.74, 6) is 1.49. The van der Waals surface area contributed by atoms with Gasteiger partial charge in [0.1, 0.15) is 11.6 Å². The van der Waals surface area contributed by atoms with E-state index in [-0.39, 0.29) is 5.82 Å². The Labute approximate surface area is 122 Å². The summed E-state index contributed by atoms with van der Waals surface area (Å²) in [6, 6.07) is 6.27. The van der Waals surface area contributed by atoms with E-state index >= 15 is 0 Å². The highest BCUT2D eigenvalue weighted by Crippen LogP contribution is 2.24. The molecular weight excluding hydrogens is 253 g/mol. The molecule has 1 aliphatic rings. The summed E-state index contributed by atoms with van der Waals surface area (Å²) in [5.41, 5.74) is 0. The molecule has 1 saturated heterocycles. The number of halogens is 1. The zero-order chi connectivity index (χ0) is 14.4. The molecule has 1 aliphatic heterocycles. The SMILES string of the molecule is CCC1CC[N+](C)(CCCOc2ccc(F)cc2)CC1. The van der Waals surface area contributed by atoms with Crippen molar-refractivity contribution < 1.29 is 13.6 Å². The summed E-state index contributed by atoms with van der Waals surface area (Å²) in [6.45, 7) is 6.80. The number of nitrogens with zero attached hydrogens (tertiary/aromatic N) is 1. The molecule has 1 fully saturated rings. The topological polar surface area (TPSA) is 9.23 Å². The number of piperidine rings is 1. The maximum Gasteiger partial charge on any atom is 0.123 e. The number of rotatable bonds is 6. The zero-order valence-corrected chi connectivity index (χ0v) is 12.8. The van der Waals surface area contributed by atoms with Crippen molar-refractivity contribution >= 4 is 0 Å². The molecule has 112 valence electrons. The number of hydrogen-bond donors (Lipinski definition) is 0. The summed E-state index contributed by atoms with van der Waals surface area (Å²) < 4.78 is 19.6. The largest absolute Gasteiger partial charge is 0.493 e. The quantitative estimate of drug-likeness (QED) is 0.568. The Hall–Kier alpha value is -1.09. The second kappa shape index (κ2) is 7.07. The third kappa shape index (κ3) is 4.48. The van der Waals surface area contributed by atoms with Gasteiger partial charge in [0.05, 0.1) is 33.3 Å². The van der Waals surface area contributed by atoms with Gasteiger partial charge < -0.3 is 9.22 Å². The molecule has 0 aromatic heterocycles. The first-order valence-electron chi connectivity index (χ1n) is 7.83. The van der Waals surface area contributed by atoms with E-state index in [1.54, 1.807) is 12.1 Å². The lowest BCUT2D eigenvalue weighted by atomic mass is 9.93. The molecule has 0 radical (unpaired) electrons. The van der Waals surface area contributed by atoms with Gasteiger partial charge >= 0.3 is 0 Å². The summed E-state index contributed by atoms with van der Waals surface area (Å²) >= 11 is 0. The van der Waals surface area contributed by atoms with Crippen molar-refractivity contribution in [1.82, 2.24) is 0 Å². The summed E-state index contributed by atoms with van der Waals surface area (Å²) in [4.78, 5) is 0. The van der Waals surface area contributed by atoms with E-state index in [4.69, 9.17) is 4.74 Å². The molecule has 1 aromatic rings. The van der Waals surface area contributed by atoms with Crippen LogP contribution in [0.25, 0.3) is 0 Å². The molecule has 0 unspecified atom stereocenters. The van der Waals surface area contributed by atoms with Crippen LogP contribution in [0, 0.1) is 11.7 Å². The predicted octanol–water partition coefficient (Wildman–Crippen LogP) is 3.86. The Morgan fingerprint density at radius 3 is 2.45 bits per heavy atom. The molecule has 0 spiro atoms. The van der Waals surface area contributed by atoms with Gasteiger partial charge in [-0.2, -0.15) is 0 Å². The molecular formula is C17H27FNO+. The molecule has 2 nitrogen and oxygen atoms in total. The Morgan fingerprint density at radius 2 is 1.85 bits per heavy atom. The molecule has 0 bridgehead atoms. The number of benzene rings is 1. The van der Waals surface area contributed by atoms with Crippen LogP contribution in [0.15, 0.2) is 24.3 Å². The van der Waals surface area contributed by atoms with E-state index in [1.807, 2.05) is 0 Å². The maximum atomic E-state index is 12.8. The third-order valence-electron chi connectivity index (χ3n) is 4.66. The van der Waals surface area contributed by atoms with Gasteiger partial charge in [-0.25, -0.2) is 4.39 Å². The van der Waals surface area contributed by atoms with Crippen molar-refractivity contribution in [3.05, 3.63) is 30.1 Å². The minimum atomic E-state index is -0.214. The smallest absolute Gasteiger partial charge is 0.123 e. The van der Waals surface area contributed by atoms with Gasteiger partial charge in [-0.3, -0.25) is 0 Å². The molecule has 0 atom stereocenters. The van der Waals surface area contributed by atoms with Gasteiger partial charge in [0.2, 0.25) is 0 Å². The van der Waals surface area contributed by atoms with Gasteiger partial charge in [0.25, 0.3) is 0 Å². The van der Waals surface area contributed by atoms with E-state index in [0.717, 1.165) is 24.7 Å². The molecule has 20 heavy (non-hydrogen) atoms. The second-order valence-corrected chi connectivity index (χ2v) is 6.30. The molecule has 1 aromatic carbocycles. The first kappa shape index (κ1) is 15.3. The number of likely N-dealkylation sites (tertiary alicyclic amines) is 1. The van der Waals surface area contributed by atoms with Gasteiger partial charge in [-0.05, 0) is 43.0 Å². The monoisotopic (exact) mass is 280 g/mol. The lowest BCUT2D eigenvalue weighted by molar-refractivity contribution is -0.915. The first-order chi connectivity index (χ1) is 9.61. The van der Waals surface area contributed by atoms with Crippen molar-refractivity contribution in [2.45, 2.75) is 32.6 Å². The molecule has 0 saturated carbocycles. The average Bonchev–Trinajstić information content (AvgIpc) is 2.46. The molecule has 1 heterocycles. The Bertz CT molecular complexity index is 396. The minimum Gasteiger partial charge on any atom is -0.493 e. The fraction of sp³-hybridized carbons (Fsp3) is 0.647. The van der Waals surface area contributed by atoms with Gasteiger partial charge in [-0.15, -0.1) is 0 Å². The third-order valence-corrected chi connectivity index (χ3v) is 4.66. The van der Waals surface area contributed by atoms with Crippen LogP contribution in [-0.4, -0.2) is 37.8 Å². The van der Waals surface area contributed by atoms with Crippen molar-refractivity contribution in [1.29, 1.82) is 0 Å². The Balaban J connectivity index is 1.67. The molecule has 0 amide bonds. The lowest BCUT2D eigenvalue weighted by Crippen LogP contribution is -2.50. The second-order valence-electron chi connectivity index (χ2n) is 6.30. The van der Waals surface area contributed by atoms with Gasteiger partial charge in [0.15, 0.2) is 0 Å². The van der Waals surface area contributed by atoms with Crippen molar-refractivity contribution in [2.24, 2.45) is 5.92 Å². The first-order valence-corrected chi connectivity index (χ1v) is 7.83. The van der Waals surface area contributed by atoms with Crippen LogP contribution in [0.1, 0.15) is 32.6 Å². The van der Waals surface area contributed by atoms with Crippen LogP contribution >= 0.6 is 0 Å². The zero-order valence-electron chi connectivity index (χ0n) is 12.8. The molecule has 3 heteroatoms. The van der Waals surface area contributed by atoms with Crippen LogP contribution in [0.3, 0.4) is 0 Å². The van der Waals surface area contributed by atoms with Crippen LogP contribution < -0.4 is 4.74 Å². The highest BCUT2D eigenvalue weighted by molar-refractivity contribution is 5.21. The van der Waals surface area contributed by atoms with E-state index in [1.165, 1.54) is 55.5 Å². The van der Waals surface area contributed by atoms with Crippen LogP contribution in [0.4, 0.5) is 4.39 Å². The van der Waals surface area contributed by atoms with E-state index in [0.29, 0.717) is 0 Å². The van der Waals surface area contributed by atoms with E-state index < -0.39 is 0 Å². The van der Waals surface area contributed by atoms with Gasteiger partial charge in [-0.1, -0.05) is 13.3 Å². The fourth-order valence-electron chi connectivity index (χ4n) is 3.04. The standard InChI is InChI=1S/C17H27FNO/c1-3-15-9-12-19(2,13-10-15)11-4-14-20-17-7-5-16(18)6-8-17/h5-8,15H,3-4,9-14H2,1-2H3/q+1. The van der Waals surface area contributed by atoms with Crippen molar-refractivity contribution in [2.75, 3.05) is 33.3 Å². The average molecular weight is 280 g/mol. The summed E-state index contributed by atoms with van der Waals surface area (Å²) in [7, 11) is 2.36. The minimum absolute atomic E-state index is 0.214. The molecule has 2 rings (SSSR count). The van der Waals surface area contributed by atoms with Gasteiger partial charge in [0, 0.05) is 6.42 Å². The fourth-order valence-corrected chi connectivity index (χ4v) is 3.04. The maximum absolute atomic E-state index is 12.8. The summed E-state index contributed by atoms with van der Waals surface area (Å²) in [6.07, 6.45) is 5.12. The Morgan fingerprint density at radius 1 is 1.20 bits per heavy atom. The Kier molecular flexibility index (Phi) is 5.41. The van der Waals surface area contributed by atoms with Crippen molar-refractivity contribution in [3.8, 4) is 5.75 Å². The van der Waals surface area contributed by atoms with Crippen molar-refractivity contribution in [3.63, 3.8) is 0 Å². The van der Waals surface area contributed by atoms with E-state index in [9.17, 15) is 4.39 Å². The highest BCUT2D eigenvalue weighted by Gasteiger charge is 2.28. The molecule has 0 N–H and O–H groups in total. The lowest BCUT2D eigenvalue weighted by Gasteiger charge is -2.40. The predicted molar refractivity (Wildman–Crippen MR) is 80.3 cm³/mol. The number of ether oxygens (including phenoxy) is 1.